The maximum atomic E-state index is 12.7. The van der Waals surface area contributed by atoms with E-state index in [9.17, 15) is 4.79 Å². The highest BCUT2D eigenvalue weighted by Crippen LogP contribution is 2.27. The first-order chi connectivity index (χ1) is 12.6. The lowest BCUT2D eigenvalue weighted by Gasteiger charge is -2.31. The number of likely N-dealkylation sites (tertiary alicyclic amines) is 2. The van der Waals surface area contributed by atoms with Crippen LogP contribution in [0.4, 0.5) is 0 Å². The monoisotopic (exact) mass is 358 g/mol. The van der Waals surface area contributed by atoms with Crippen molar-refractivity contribution in [3.8, 4) is 0 Å². The number of hydrogen-bond donors (Lipinski definition) is 0. The van der Waals surface area contributed by atoms with Crippen molar-refractivity contribution >= 4 is 5.91 Å². The van der Waals surface area contributed by atoms with Gasteiger partial charge in [0.1, 0.15) is 17.4 Å². The molecule has 0 aromatic carbocycles. The molecule has 0 N–H and O–H groups in total. The van der Waals surface area contributed by atoms with Crippen LogP contribution in [0.15, 0.2) is 10.6 Å². The Hall–Kier alpha value is -2.22. The van der Waals surface area contributed by atoms with E-state index in [4.69, 9.17) is 4.52 Å². The Morgan fingerprint density at radius 2 is 2.04 bits per heavy atom. The minimum absolute atomic E-state index is 0.0639. The van der Waals surface area contributed by atoms with E-state index in [2.05, 4.69) is 24.8 Å². The summed E-state index contributed by atoms with van der Waals surface area (Å²) in [5.74, 6) is 2.80. The van der Waals surface area contributed by atoms with Gasteiger partial charge in [-0.05, 0) is 45.7 Å². The zero-order chi connectivity index (χ0) is 18.1. The van der Waals surface area contributed by atoms with Crippen LogP contribution in [0.2, 0.25) is 0 Å². The fourth-order valence-corrected chi connectivity index (χ4v) is 4.01. The summed E-state index contributed by atoms with van der Waals surface area (Å²) in [6, 6.07) is 1.70. The van der Waals surface area contributed by atoms with Gasteiger partial charge in [0.05, 0.1) is 6.54 Å². The topological polar surface area (TPSA) is 80.3 Å². The molecule has 2 fully saturated rings. The first kappa shape index (κ1) is 17.2. The number of amides is 1. The third-order valence-electron chi connectivity index (χ3n) is 5.48. The number of carbonyl (C=O) groups excluding carboxylic acids is 1. The Bertz CT molecular complexity index is 776. The molecule has 2 aromatic rings. The lowest BCUT2D eigenvalue weighted by Crippen LogP contribution is -2.40. The molecule has 0 aliphatic carbocycles. The Balaban J connectivity index is 1.46. The summed E-state index contributed by atoms with van der Waals surface area (Å²) < 4.78 is 7.17. The van der Waals surface area contributed by atoms with Gasteiger partial charge >= 0.3 is 0 Å². The predicted octanol–water partition coefficient (Wildman–Crippen LogP) is 1.73. The molecule has 0 radical (unpaired) electrons. The van der Waals surface area contributed by atoms with Gasteiger partial charge in [0, 0.05) is 32.1 Å². The van der Waals surface area contributed by atoms with Crippen LogP contribution in [-0.2, 0) is 13.6 Å². The van der Waals surface area contributed by atoms with Gasteiger partial charge in [0.25, 0.3) is 5.91 Å². The highest BCUT2D eigenvalue weighted by Gasteiger charge is 2.30. The van der Waals surface area contributed by atoms with Crippen LogP contribution < -0.4 is 0 Å². The minimum atomic E-state index is -0.0639. The van der Waals surface area contributed by atoms with Crippen LogP contribution in [0.25, 0.3) is 0 Å². The number of rotatable bonds is 4. The third-order valence-corrected chi connectivity index (χ3v) is 5.48. The first-order valence-electron chi connectivity index (χ1n) is 9.45. The summed E-state index contributed by atoms with van der Waals surface area (Å²) in [5.41, 5.74) is 0.385. The van der Waals surface area contributed by atoms with Crippen LogP contribution >= 0.6 is 0 Å². The molecule has 2 aromatic heterocycles. The predicted molar refractivity (Wildman–Crippen MR) is 94.6 cm³/mol. The molecule has 2 aliphatic rings. The van der Waals surface area contributed by atoms with Crippen molar-refractivity contribution in [2.24, 2.45) is 7.05 Å². The lowest BCUT2D eigenvalue weighted by molar-refractivity contribution is 0.0693. The van der Waals surface area contributed by atoms with Crippen molar-refractivity contribution in [2.75, 3.05) is 26.2 Å². The zero-order valence-electron chi connectivity index (χ0n) is 15.5. The van der Waals surface area contributed by atoms with Gasteiger partial charge in [0.2, 0.25) is 0 Å². The lowest BCUT2D eigenvalue weighted by atomic mass is 9.97. The van der Waals surface area contributed by atoms with Gasteiger partial charge in [-0.1, -0.05) is 5.16 Å². The second-order valence-electron chi connectivity index (χ2n) is 7.43. The van der Waals surface area contributed by atoms with Gasteiger partial charge < -0.3 is 14.0 Å². The second kappa shape index (κ2) is 7.19. The smallest absolute Gasteiger partial charge is 0.276 e. The van der Waals surface area contributed by atoms with Crippen molar-refractivity contribution in [3.05, 3.63) is 29.2 Å². The molecule has 26 heavy (non-hydrogen) atoms. The quantitative estimate of drug-likeness (QED) is 0.828. The maximum Gasteiger partial charge on any atom is 0.276 e. The number of piperidine rings is 1. The van der Waals surface area contributed by atoms with Crippen molar-refractivity contribution in [3.63, 3.8) is 0 Å². The summed E-state index contributed by atoms with van der Waals surface area (Å²) in [4.78, 5) is 17.0. The highest BCUT2D eigenvalue weighted by molar-refractivity contribution is 5.92. The number of aryl methyl sites for hydroxylation is 1. The van der Waals surface area contributed by atoms with Crippen molar-refractivity contribution in [2.45, 2.75) is 45.1 Å². The van der Waals surface area contributed by atoms with Crippen molar-refractivity contribution < 1.29 is 9.32 Å². The molecule has 4 rings (SSSR count). The molecular weight excluding hydrogens is 332 g/mol. The maximum absolute atomic E-state index is 12.7. The van der Waals surface area contributed by atoms with E-state index < -0.39 is 0 Å². The largest absolute Gasteiger partial charge is 0.361 e. The minimum Gasteiger partial charge on any atom is -0.361 e. The molecule has 140 valence electrons. The Morgan fingerprint density at radius 1 is 1.23 bits per heavy atom. The van der Waals surface area contributed by atoms with Gasteiger partial charge in [-0.2, -0.15) is 0 Å². The van der Waals surface area contributed by atoms with Crippen LogP contribution in [0.5, 0.6) is 0 Å². The van der Waals surface area contributed by atoms with Gasteiger partial charge in [-0.15, -0.1) is 10.2 Å². The standard InChI is InChI=1S/C18H26N6O2/c1-13-10-15(21-26-13)18(25)24-9-5-6-14(11-24)17-20-19-16(22(17)2)12-23-7-3-4-8-23/h10,14H,3-9,11-12H2,1-2H3/t14-/m1/s1. The third kappa shape index (κ3) is 3.38. The summed E-state index contributed by atoms with van der Waals surface area (Å²) in [6.45, 7) is 6.34. The molecule has 2 saturated heterocycles. The number of nitrogens with zero attached hydrogens (tertiary/aromatic N) is 6. The van der Waals surface area contributed by atoms with E-state index >= 15 is 0 Å². The number of carbonyl (C=O) groups is 1. The number of hydrogen-bond acceptors (Lipinski definition) is 6. The first-order valence-corrected chi connectivity index (χ1v) is 9.45. The molecule has 0 spiro atoms. The molecular formula is C18H26N6O2. The normalized spacial score (nSPS) is 21.5. The SMILES string of the molecule is Cc1cc(C(=O)N2CCC[C@@H](c3nnc(CN4CCCC4)n3C)C2)no1. The Morgan fingerprint density at radius 3 is 2.77 bits per heavy atom. The Labute approximate surface area is 153 Å². The summed E-state index contributed by atoms with van der Waals surface area (Å²) >= 11 is 0. The van der Waals surface area contributed by atoms with E-state index in [1.54, 1.807) is 13.0 Å². The summed E-state index contributed by atoms with van der Waals surface area (Å²) in [7, 11) is 2.04. The average molecular weight is 358 g/mol. The molecule has 2 aliphatic heterocycles. The summed E-state index contributed by atoms with van der Waals surface area (Å²) in [5, 5.41) is 12.8. The molecule has 4 heterocycles. The van der Waals surface area contributed by atoms with Crippen molar-refractivity contribution in [1.82, 2.24) is 29.7 Å². The van der Waals surface area contributed by atoms with Crippen LogP contribution in [0.3, 0.4) is 0 Å². The fraction of sp³-hybridized carbons (Fsp3) is 0.667. The molecule has 1 amide bonds. The summed E-state index contributed by atoms with van der Waals surface area (Å²) in [6.07, 6.45) is 4.52. The zero-order valence-corrected chi connectivity index (χ0v) is 15.5. The van der Waals surface area contributed by atoms with Crippen LogP contribution in [0.1, 0.15) is 59.5 Å². The molecule has 1 atom stereocenters. The van der Waals surface area contributed by atoms with E-state index in [0.29, 0.717) is 18.0 Å². The molecule has 8 nitrogen and oxygen atoms in total. The van der Waals surface area contributed by atoms with Gasteiger partial charge in [-0.25, -0.2) is 0 Å². The Kier molecular flexibility index (Phi) is 4.76. The molecule has 8 heteroatoms. The fourth-order valence-electron chi connectivity index (χ4n) is 4.01. The second-order valence-corrected chi connectivity index (χ2v) is 7.43. The van der Waals surface area contributed by atoms with Crippen molar-refractivity contribution in [1.29, 1.82) is 0 Å². The van der Waals surface area contributed by atoms with Gasteiger partial charge in [0.15, 0.2) is 5.69 Å². The highest BCUT2D eigenvalue weighted by atomic mass is 16.5. The molecule has 0 bridgehead atoms. The van der Waals surface area contributed by atoms with E-state index in [1.807, 2.05) is 11.9 Å². The van der Waals surface area contributed by atoms with E-state index in [-0.39, 0.29) is 11.8 Å². The number of aromatic nitrogens is 4. The van der Waals surface area contributed by atoms with Gasteiger partial charge in [-0.3, -0.25) is 9.69 Å². The van der Waals surface area contributed by atoms with Crippen LogP contribution in [0, 0.1) is 6.92 Å². The average Bonchev–Trinajstić information content (AvgIpc) is 3.38. The van der Waals surface area contributed by atoms with E-state index in [1.165, 1.54) is 12.8 Å². The molecule has 0 unspecified atom stereocenters. The molecule has 0 saturated carbocycles. The van der Waals surface area contributed by atoms with E-state index in [0.717, 1.165) is 50.7 Å². The van der Waals surface area contributed by atoms with Crippen LogP contribution in [-0.4, -0.2) is 61.8 Å².